The van der Waals surface area contributed by atoms with Crippen molar-refractivity contribution in [1.29, 1.82) is 0 Å². The fraction of sp³-hybridized carbons (Fsp3) is 0.412. The molecule has 1 aromatic heterocycles. The Morgan fingerprint density at radius 2 is 2.12 bits per heavy atom. The Hall–Kier alpha value is -2.70. The van der Waals surface area contributed by atoms with Gasteiger partial charge in [0.05, 0.1) is 7.11 Å². The van der Waals surface area contributed by atoms with Crippen molar-refractivity contribution in [2.45, 2.75) is 39.2 Å². The van der Waals surface area contributed by atoms with Gasteiger partial charge in [0.25, 0.3) is 5.56 Å². The van der Waals surface area contributed by atoms with E-state index in [1.165, 1.54) is 0 Å². The summed E-state index contributed by atoms with van der Waals surface area (Å²) < 4.78 is 5.17. The number of H-pyrrole nitrogens is 1. The summed E-state index contributed by atoms with van der Waals surface area (Å²) in [6, 6.07) is 7.61. The van der Waals surface area contributed by atoms with Crippen molar-refractivity contribution < 1.29 is 9.53 Å². The predicted octanol–water partition coefficient (Wildman–Crippen LogP) is 1.22. The minimum absolute atomic E-state index is 0.0760. The van der Waals surface area contributed by atoms with Crippen LogP contribution in [-0.4, -0.2) is 34.2 Å². The highest BCUT2D eigenvalue weighted by Gasteiger charge is 2.09. The van der Waals surface area contributed by atoms with Crippen LogP contribution in [0.25, 0.3) is 0 Å². The molecule has 0 unspecified atom stereocenters. The number of hydrogen-bond donors (Lipinski definition) is 2. The summed E-state index contributed by atoms with van der Waals surface area (Å²) in [6.07, 6.45) is 0.930. The Morgan fingerprint density at radius 3 is 2.79 bits per heavy atom. The molecule has 1 heterocycles. The van der Waals surface area contributed by atoms with E-state index in [1.807, 2.05) is 38.1 Å². The van der Waals surface area contributed by atoms with Gasteiger partial charge < -0.3 is 15.0 Å². The maximum atomic E-state index is 12.1. The molecule has 0 radical (unpaired) electrons. The van der Waals surface area contributed by atoms with Gasteiger partial charge in [0, 0.05) is 25.3 Å². The highest BCUT2D eigenvalue weighted by Crippen LogP contribution is 2.14. The highest BCUT2D eigenvalue weighted by atomic mass is 16.5. The maximum absolute atomic E-state index is 12.1. The Morgan fingerprint density at radius 1 is 1.33 bits per heavy atom. The van der Waals surface area contributed by atoms with Crippen molar-refractivity contribution in [2.75, 3.05) is 7.11 Å². The van der Waals surface area contributed by atoms with Gasteiger partial charge in [-0.2, -0.15) is 0 Å². The molecule has 0 saturated heterocycles. The van der Waals surface area contributed by atoms with Crippen LogP contribution in [0.1, 0.15) is 37.4 Å². The quantitative estimate of drug-likeness (QED) is 0.795. The van der Waals surface area contributed by atoms with Gasteiger partial charge in [-0.05, 0) is 31.5 Å². The lowest BCUT2D eigenvalue weighted by Crippen LogP contribution is -2.31. The summed E-state index contributed by atoms with van der Waals surface area (Å²) in [5, 5.41) is 10.8. The largest absolute Gasteiger partial charge is 0.497 e. The number of methoxy groups -OCH3 is 1. The first-order valence-corrected chi connectivity index (χ1v) is 7.85. The molecule has 2 rings (SSSR count). The molecular weight excluding hydrogens is 308 g/mol. The third-order valence-corrected chi connectivity index (χ3v) is 3.36. The van der Waals surface area contributed by atoms with E-state index < -0.39 is 0 Å². The number of rotatable bonds is 7. The summed E-state index contributed by atoms with van der Waals surface area (Å²) in [5.41, 5.74) is 0.923. The van der Waals surface area contributed by atoms with E-state index in [2.05, 4.69) is 20.5 Å². The van der Waals surface area contributed by atoms with Crippen LogP contribution in [0.4, 0.5) is 0 Å². The zero-order valence-electron chi connectivity index (χ0n) is 14.1. The van der Waals surface area contributed by atoms with Crippen LogP contribution in [0.5, 0.6) is 5.75 Å². The molecule has 0 fully saturated rings. The van der Waals surface area contributed by atoms with E-state index in [-0.39, 0.29) is 36.0 Å². The number of amides is 1. The number of nitrogens with one attached hydrogen (secondary N) is 2. The molecule has 1 aromatic carbocycles. The summed E-state index contributed by atoms with van der Waals surface area (Å²) in [7, 11) is 1.60. The Labute approximate surface area is 140 Å². The van der Waals surface area contributed by atoms with Crippen molar-refractivity contribution in [3.05, 3.63) is 51.7 Å². The molecule has 7 heteroatoms. The first-order chi connectivity index (χ1) is 11.5. The molecule has 0 aliphatic heterocycles. The van der Waals surface area contributed by atoms with Gasteiger partial charge in [0.1, 0.15) is 17.3 Å². The molecule has 0 aliphatic carbocycles. The number of aromatic nitrogens is 3. The minimum atomic E-state index is -0.305. The minimum Gasteiger partial charge on any atom is -0.497 e. The van der Waals surface area contributed by atoms with Gasteiger partial charge in [0.15, 0.2) is 0 Å². The van der Waals surface area contributed by atoms with E-state index in [0.29, 0.717) is 12.2 Å². The fourth-order valence-electron chi connectivity index (χ4n) is 2.24. The molecule has 0 aliphatic rings. The molecule has 2 aromatic rings. The summed E-state index contributed by atoms with van der Waals surface area (Å²) in [5.74, 6) is 1.12. The highest BCUT2D eigenvalue weighted by molar-refractivity contribution is 5.76. The average molecular weight is 330 g/mol. The molecule has 2 N–H and O–H groups in total. The number of nitrogens with zero attached hydrogens (tertiary/aromatic N) is 2. The summed E-state index contributed by atoms with van der Waals surface area (Å²) in [4.78, 5) is 26.4. The molecule has 0 saturated carbocycles. The zero-order valence-corrected chi connectivity index (χ0v) is 14.1. The third-order valence-electron chi connectivity index (χ3n) is 3.36. The van der Waals surface area contributed by atoms with E-state index in [0.717, 1.165) is 11.3 Å². The van der Waals surface area contributed by atoms with Crippen LogP contribution in [0, 0.1) is 0 Å². The maximum Gasteiger partial charge on any atom is 0.272 e. The molecule has 0 spiro atoms. The lowest BCUT2D eigenvalue weighted by atomic mass is 10.1. The van der Waals surface area contributed by atoms with Gasteiger partial charge in [0.2, 0.25) is 5.91 Å². The third kappa shape index (κ3) is 5.19. The summed E-state index contributed by atoms with van der Waals surface area (Å²) >= 11 is 0. The molecule has 1 amide bonds. The second-order valence-corrected chi connectivity index (χ2v) is 5.80. The van der Waals surface area contributed by atoms with Crippen molar-refractivity contribution in [3.8, 4) is 5.75 Å². The molecular formula is C17H22N4O3. The second kappa shape index (κ2) is 8.24. The van der Waals surface area contributed by atoms with Crippen LogP contribution >= 0.6 is 0 Å². The topological polar surface area (TPSA) is 97.0 Å². The first kappa shape index (κ1) is 17.7. The number of aryl methyl sites for hydroxylation is 1. The Balaban J connectivity index is 2.01. The summed E-state index contributed by atoms with van der Waals surface area (Å²) in [6.45, 7) is 3.77. The lowest BCUT2D eigenvalue weighted by Gasteiger charge is -2.07. The molecule has 7 nitrogen and oxygen atoms in total. The molecule has 128 valence electrons. The number of carbonyl (C=O) groups excluding carboxylic acids is 1. The fourth-order valence-corrected chi connectivity index (χ4v) is 2.24. The van der Waals surface area contributed by atoms with Crippen molar-refractivity contribution >= 4 is 5.91 Å². The number of aromatic amines is 1. The Bertz CT molecular complexity index is 755. The van der Waals surface area contributed by atoms with Crippen LogP contribution in [0.2, 0.25) is 0 Å². The number of hydrogen-bond acceptors (Lipinski definition) is 5. The van der Waals surface area contributed by atoms with Gasteiger partial charge in [-0.15, -0.1) is 10.2 Å². The van der Waals surface area contributed by atoms with E-state index in [9.17, 15) is 9.59 Å². The van der Waals surface area contributed by atoms with E-state index >= 15 is 0 Å². The van der Waals surface area contributed by atoms with E-state index in [4.69, 9.17) is 4.74 Å². The second-order valence-electron chi connectivity index (χ2n) is 5.80. The first-order valence-electron chi connectivity index (χ1n) is 7.85. The van der Waals surface area contributed by atoms with Gasteiger partial charge >= 0.3 is 0 Å². The van der Waals surface area contributed by atoms with Crippen LogP contribution < -0.4 is 15.6 Å². The SMILES string of the molecule is COc1cccc(Cc2nnc(CCC(=O)NC(C)C)c(=O)[nH]2)c1. The normalized spacial score (nSPS) is 10.7. The zero-order chi connectivity index (χ0) is 17.5. The number of ether oxygens (including phenoxy) is 1. The van der Waals surface area contributed by atoms with Gasteiger partial charge in [-0.1, -0.05) is 12.1 Å². The van der Waals surface area contributed by atoms with Crippen LogP contribution in [-0.2, 0) is 17.6 Å². The predicted molar refractivity (Wildman–Crippen MR) is 90.1 cm³/mol. The monoisotopic (exact) mass is 330 g/mol. The number of benzene rings is 1. The number of carbonyl (C=O) groups is 1. The van der Waals surface area contributed by atoms with Crippen LogP contribution in [0.15, 0.2) is 29.1 Å². The van der Waals surface area contributed by atoms with Crippen molar-refractivity contribution in [2.24, 2.45) is 0 Å². The molecule has 0 bridgehead atoms. The molecule has 24 heavy (non-hydrogen) atoms. The standard InChI is InChI=1S/C17H22N4O3/c1-11(2)18-16(22)8-7-14-17(23)19-15(21-20-14)10-12-5-4-6-13(9-12)24-3/h4-6,9,11H,7-8,10H2,1-3H3,(H,18,22)(H,19,21,23). The van der Waals surface area contributed by atoms with Gasteiger partial charge in [-0.3, -0.25) is 9.59 Å². The van der Waals surface area contributed by atoms with E-state index in [1.54, 1.807) is 7.11 Å². The smallest absolute Gasteiger partial charge is 0.272 e. The lowest BCUT2D eigenvalue weighted by molar-refractivity contribution is -0.121. The van der Waals surface area contributed by atoms with Crippen molar-refractivity contribution in [3.63, 3.8) is 0 Å². The average Bonchev–Trinajstić information content (AvgIpc) is 2.53. The molecule has 0 atom stereocenters. The Kier molecular flexibility index (Phi) is 6.06. The van der Waals surface area contributed by atoms with Crippen LogP contribution in [0.3, 0.4) is 0 Å². The van der Waals surface area contributed by atoms with Gasteiger partial charge in [-0.25, -0.2) is 0 Å². The van der Waals surface area contributed by atoms with Crippen molar-refractivity contribution in [1.82, 2.24) is 20.5 Å².